The predicted octanol–water partition coefficient (Wildman–Crippen LogP) is -0.703. The molecule has 0 aromatic carbocycles. The molecule has 1 aromatic heterocycles. The molecule has 0 aliphatic heterocycles. The van der Waals surface area contributed by atoms with Crippen LogP contribution in [0, 0.1) is 10.5 Å². The van der Waals surface area contributed by atoms with E-state index in [1.54, 1.807) is 13.0 Å². The number of nitrogens with zero attached hydrogens (tertiary/aromatic N) is 1. The summed E-state index contributed by atoms with van der Waals surface area (Å²) in [5, 5.41) is 0. The number of alkyl halides is 4. The molecule has 1 rings (SSSR count). The van der Waals surface area contributed by atoms with Gasteiger partial charge < -0.3 is 0 Å². The van der Waals surface area contributed by atoms with Crippen molar-refractivity contribution in [2.75, 3.05) is 4.93 Å². The van der Waals surface area contributed by atoms with Crippen molar-refractivity contribution in [3.63, 3.8) is 0 Å². The molecule has 0 amide bonds. The summed E-state index contributed by atoms with van der Waals surface area (Å²) in [6.07, 6.45) is -4.32. The Hall–Kier alpha value is -0.330. The zero-order chi connectivity index (χ0) is 10.1. The predicted molar refractivity (Wildman–Crippen MR) is 38.6 cm³/mol. The number of pyridine rings is 1. The summed E-state index contributed by atoms with van der Waals surface area (Å²) in [7, 11) is 0. The Bertz CT molecular complexity index is 309. The van der Waals surface area contributed by atoms with Gasteiger partial charge >= 0.3 is 84.5 Å². The van der Waals surface area contributed by atoms with Crippen molar-refractivity contribution in [2.24, 2.45) is 0 Å². The van der Waals surface area contributed by atoms with E-state index in [9.17, 15) is 13.2 Å². The van der Waals surface area contributed by atoms with Crippen molar-refractivity contribution in [1.82, 2.24) is 4.98 Å². The number of halogens is 4. The standard InChI is InChI=1S/C8H8F3IN/c1-5-3-6(12-2)4-7(13-5)8(9,10)11/h3-4H,1-2H3/q-1. The van der Waals surface area contributed by atoms with Gasteiger partial charge in [0, 0.05) is 0 Å². The molecule has 0 bridgehead atoms. The molecule has 0 fully saturated rings. The fourth-order valence-electron chi connectivity index (χ4n) is 0.881. The SMILES string of the molecule is C[I-]c1cc(C)nc(C(F)(F)F)c1. The summed E-state index contributed by atoms with van der Waals surface area (Å²) >= 11 is -0.313. The molecule has 0 radical (unpaired) electrons. The van der Waals surface area contributed by atoms with Crippen molar-refractivity contribution >= 4 is 0 Å². The molecule has 0 saturated carbocycles. The molecule has 74 valence electrons. The third-order valence-electron chi connectivity index (χ3n) is 1.43. The van der Waals surface area contributed by atoms with Gasteiger partial charge in [-0.3, -0.25) is 0 Å². The quantitative estimate of drug-likeness (QED) is 0.494. The maximum absolute atomic E-state index is 12.2. The molecule has 1 heterocycles. The minimum atomic E-state index is -4.32. The van der Waals surface area contributed by atoms with Gasteiger partial charge in [0.25, 0.3) is 0 Å². The maximum atomic E-state index is 12.2. The van der Waals surface area contributed by atoms with Crippen molar-refractivity contribution in [3.8, 4) is 0 Å². The zero-order valence-electron chi connectivity index (χ0n) is 7.11. The summed E-state index contributed by atoms with van der Waals surface area (Å²) in [6, 6.07) is 2.85. The molecular formula is C8H8F3IN-. The van der Waals surface area contributed by atoms with Gasteiger partial charge in [-0.2, -0.15) is 0 Å². The molecule has 0 atom stereocenters. The van der Waals surface area contributed by atoms with Crippen LogP contribution in [0.5, 0.6) is 0 Å². The van der Waals surface area contributed by atoms with Crippen molar-refractivity contribution in [2.45, 2.75) is 13.1 Å². The molecule has 1 aromatic rings. The molecule has 0 aliphatic carbocycles. The van der Waals surface area contributed by atoms with E-state index in [1.165, 1.54) is 0 Å². The topological polar surface area (TPSA) is 12.9 Å². The number of aryl methyl sites for hydroxylation is 1. The van der Waals surface area contributed by atoms with Crippen molar-refractivity contribution < 1.29 is 34.4 Å². The van der Waals surface area contributed by atoms with Gasteiger partial charge in [0.2, 0.25) is 0 Å². The van der Waals surface area contributed by atoms with Crippen LogP contribution in [0.1, 0.15) is 11.4 Å². The fourth-order valence-corrected chi connectivity index (χ4v) is 2.25. The van der Waals surface area contributed by atoms with E-state index in [2.05, 4.69) is 4.98 Å². The molecule has 0 spiro atoms. The molecule has 1 nitrogen and oxygen atoms in total. The first-order chi connectivity index (χ1) is 5.93. The van der Waals surface area contributed by atoms with E-state index in [0.717, 1.165) is 9.64 Å². The Morgan fingerprint density at radius 2 is 1.92 bits per heavy atom. The van der Waals surface area contributed by atoms with Crippen LogP contribution in [-0.4, -0.2) is 9.91 Å². The van der Waals surface area contributed by atoms with Crippen LogP contribution in [0.2, 0.25) is 0 Å². The number of hydrogen-bond acceptors (Lipinski definition) is 1. The van der Waals surface area contributed by atoms with Crippen LogP contribution < -0.4 is 21.2 Å². The Kier molecular flexibility index (Phi) is 3.15. The van der Waals surface area contributed by atoms with Gasteiger partial charge in [-0.1, -0.05) is 0 Å². The second-order valence-electron chi connectivity index (χ2n) is 2.50. The van der Waals surface area contributed by atoms with Crippen LogP contribution in [0.3, 0.4) is 0 Å². The molecule has 5 heteroatoms. The molecule has 13 heavy (non-hydrogen) atoms. The Morgan fingerprint density at radius 1 is 1.31 bits per heavy atom. The van der Waals surface area contributed by atoms with E-state index >= 15 is 0 Å². The van der Waals surface area contributed by atoms with Crippen LogP contribution in [0.15, 0.2) is 12.1 Å². The first-order valence-corrected chi connectivity index (χ1v) is 6.72. The van der Waals surface area contributed by atoms with Gasteiger partial charge in [0.15, 0.2) is 0 Å². The summed E-state index contributed by atoms with van der Waals surface area (Å²) in [5.74, 6) is 0. The van der Waals surface area contributed by atoms with E-state index < -0.39 is 11.9 Å². The minimum absolute atomic E-state index is 0.313. The van der Waals surface area contributed by atoms with Crippen molar-refractivity contribution in [1.29, 1.82) is 0 Å². The van der Waals surface area contributed by atoms with Gasteiger partial charge in [-0.15, -0.1) is 0 Å². The summed E-state index contributed by atoms with van der Waals surface area (Å²) in [4.78, 5) is 5.37. The van der Waals surface area contributed by atoms with Crippen LogP contribution in [-0.2, 0) is 6.18 Å². The molecule has 0 saturated heterocycles. The summed E-state index contributed by atoms with van der Waals surface area (Å²) in [5.41, 5.74) is -0.338. The third-order valence-corrected chi connectivity index (χ3v) is 3.30. The summed E-state index contributed by atoms with van der Waals surface area (Å²) in [6.45, 7) is 1.58. The molecule has 0 unspecified atom stereocenters. The third kappa shape index (κ3) is 2.82. The average molecular weight is 302 g/mol. The van der Waals surface area contributed by atoms with Gasteiger partial charge in [-0.25, -0.2) is 0 Å². The number of hydrogen-bond donors (Lipinski definition) is 0. The Morgan fingerprint density at radius 3 is 2.38 bits per heavy atom. The Labute approximate surface area is 84.6 Å². The molecule has 0 N–H and O–H groups in total. The summed E-state index contributed by atoms with van der Waals surface area (Å²) < 4.78 is 37.5. The van der Waals surface area contributed by atoms with E-state index in [0.29, 0.717) is 5.69 Å². The molecule has 0 aliphatic rings. The first-order valence-electron chi connectivity index (χ1n) is 3.49. The number of aromatic nitrogens is 1. The van der Waals surface area contributed by atoms with Gasteiger partial charge in [0.1, 0.15) is 0 Å². The van der Waals surface area contributed by atoms with Crippen LogP contribution in [0.25, 0.3) is 0 Å². The second kappa shape index (κ2) is 3.81. The Balaban J connectivity index is 3.16. The van der Waals surface area contributed by atoms with E-state index in [4.69, 9.17) is 0 Å². The van der Waals surface area contributed by atoms with Crippen LogP contribution >= 0.6 is 0 Å². The van der Waals surface area contributed by atoms with E-state index in [1.807, 2.05) is 4.93 Å². The van der Waals surface area contributed by atoms with Crippen molar-refractivity contribution in [3.05, 3.63) is 27.1 Å². The van der Waals surface area contributed by atoms with Crippen LogP contribution in [0.4, 0.5) is 13.2 Å². The average Bonchev–Trinajstić information content (AvgIpc) is 2.01. The zero-order valence-corrected chi connectivity index (χ0v) is 9.27. The number of rotatable bonds is 1. The molecular weight excluding hydrogens is 294 g/mol. The van der Waals surface area contributed by atoms with Gasteiger partial charge in [-0.05, 0) is 0 Å². The monoisotopic (exact) mass is 302 g/mol. The first kappa shape index (κ1) is 10.7. The second-order valence-corrected chi connectivity index (χ2v) is 4.82. The van der Waals surface area contributed by atoms with Gasteiger partial charge in [0.05, 0.1) is 0 Å². The van der Waals surface area contributed by atoms with E-state index in [-0.39, 0.29) is 21.2 Å². The fraction of sp³-hybridized carbons (Fsp3) is 0.375. The normalized spacial score (nSPS) is 12.1.